The van der Waals surface area contributed by atoms with Gasteiger partial charge in [-0.25, -0.2) is 4.72 Å². The fourth-order valence-electron chi connectivity index (χ4n) is 3.30. The van der Waals surface area contributed by atoms with Crippen LogP contribution < -0.4 is 9.46 Å². The Labute approximate surface area is 203 Å². The van der Waals surface area contributed by atoms with Crippen LogP contribution in [0.3, 0.4) is 0 Å². The van der Waals surface area contributed by atoms with Crippen LogP contribution in [0.2, 0.25) is 5.02 Å². The van der Waals surface area contributed by atoms with Crippen molar-refractivity contribution in [1.29, 1.82) is 0 Å². The van der Waals surface area contributed by atoms with Gasteiger partial charge in [-0.3, -0.25) is 9.48 Å². The van der Waals surface area contributed by atoms with Crippen LogP contribution in [0.5, 0.6) is 5.75 Å². The maximum atomic E-state index is 12.8. The van der Waals surface area contributed by atoms with Crippen molar-refractivity contribution in [2.24, 2.45) is 0 Å². The van der Waals surface area contributed by atoms with E-state index in [2.05, 4.69) is 9.82 Å². The van der Waals surface area contributed by atoms with Gasteiger partial charge in [0, 0.05) is 27.9 Å². The molecule has 0 fully saturated rings. The molecule has 1 aromatic heterocycles. The van der Waals surface area contributed by atoms with Crippen molar-refractivity contribution in [2.75, 3.05) is 0 Å². The Morgan fingerprint density at radius 2 is 1.68 bits per heavy atom. The average molecular weight is 496 g/mol. The average Bonchev–Trinajstić information content (AvgIpc) is 3.20. The second kappa shape index (κ2) is 10.1. The molecule has 1 N–H and O–H groups in total. The molecule has 174 valence electrons. The van der Waals surface area contributed by atoms with Crippen molar-refractivity contribution in [3.05, 3.63) is 112 Å². The molecule has 4 rings (SSSR count). The van der Waals surface area contributed by atoms with E-state index in [1.165, 1.54) is 22.9 Å². The van der Waals surface area contributed by atoms with Gasteiger partial charge in [-0.05, 0) is 42.8 Å². The summed E-state index contributed by atoms with van der Waals surface area (Å²) in [5.41, 5.74) is 2.59. The van der Waals surface area contributed by atoms with Crippen molar-refractivity contribution in [3.8, 4) is 5.75 Å². The third-order valence-corrected chi connectivity index (χ3v) is 6.52. The lowest BCUT2D eigenvalue weighted by Gasteiger charge is -2.13. The fraction of sp³-hybridized carbons (Fsp3) is 0.120. The highest BCUT2D eigenvalue weighted by molar-refractivity contribution is 7.90. The zero-order chi connectivity index (χ0) is 24.1. The molecule has 1 heterocycles. The topological polar surface area (TPSA) is 90.3 Å². The number of aryl methyl sites for hydroxylation is 1. The summed E-state index contributed by atoms with van der Waals surface area (Å²) in [7, 11) is -4.15. The van der Waals surface area contributed by atoms with Crippen LogP contribution in [0.1, 0.15) is 27.2 Å². The summed E-state index contributed by atoms with van der Waals surface area (Å²) in [6.45, 7) is 2.34. The lowest BCUT2D eigenvalue weighted by Crippen LogP contribution is -2.31. The molecule has 0 bridgehead atoms. The molecule has 0 aliphatic rings. The number of nitrogens with one attached hydrogen (secondary N) is 1. The van der Waals surface area contributed by atoms with Gasteiger partial charge < -0.3 is 4.74 Å². The van der Waals surface area contributed by atoms with E-state index >= 15 is 0 Å². The van der Waals surface area contributed by atoms with Gasteiger partial charge in [-0.2, -0.15) is 13.5 Å². The Bertz CT molecular complexity index is 1400. The minimum Gasteiger partial charge on any atom is -0.489 e. The smallest absolute Gasteiger partial charge is 0.283 e. The summed E-state index contributed by atoms with van der Waals surface area (Å²) in [5.74, 6) is -0.107. The number of sulfonamides is 1. The molecule has 7 nitrogen and oxygen atoms in total. The largest absolute Gasteiger partial charge is 0.489 e. The highest BCUT2D eigenvalue weighted by Gasteiger charge is 2.23. The van der Waals surface area contributed by atoms with Gasteiger partial charge in [0.25, 0.3) is 15.9 Å². The van der Waals surface area contributed by atoms with Crippen molar-refractivity contribution in [3.63, 3.8) is 0 Å². The highest BCUT2D eigenvalue weighted by atomic mass is 35.5. The first kappa shape index (κ1) is 23.5. The molecule has 0 aliphatic carbocycles. The van der Waals surface area contributed by atoms with Gasteiger partial charge in [0.1, 0.15) is 12.4 Å². The van der Waals surface area contributed by atoms with Crippen molar-refractivity contribution < 1.29 is 17.9 Å². The minimum absolute atomic E-state index is 0.235. The number of rotatable bonds is 8. The lowest BCUT2D eigenvalue weighted by atomic mass is 10.2. The van der Waals surface area contributed by atoms with E-state index in [1.807, 2.05) is 30.3 Å². The molecular formula is C25H22ClN3O4S. The third-order valence-electron chi connectivity index (χ3n) is 5.08. The molecular weight excluding hydrogens is 474 g/mol. The Morgan fingerprint density at radius 1 is 1.00 bits per heavy atom. The normalized spacial score (nSPS) is 11.2. The summed E-state index contributed by atoms with van der Waals surface area (Å²) in [5, 5.41) is 4.50. The van der Waals surface area contributed by atoms with Gasteiger partial charge in [-0.1, -0.05) is 60.1 Å². The first-order chi connectivity index (χ1) is 16.3. The molecule has 4 aromatic rings. The van der Waals surface area contributed by atoms with E-state index < -0.39 is 15.9 Å². The zero-order valence-electron chi connectivity index (χ0n) is 18.3. The summed E-state index contributed by atoms with van der Waals surface area (Å²) < 4.78 is 35.1. The van der Waals surface area contributed by atoms with Crippen LogP contribution >= 0.6 is 11.6 Å². The standard InChI is InChI=1S/C25H22ClN3O4S/c1-18-14-24(34(31,32)28-25(30)20-10-6-3-7-11-20)27-29(18)16-21-15-22(26)12-13-23(21)33-17-19-8-4-2-5-9-19/h2-15H,16-17H2,1H3,(H,28,30). The Morgan fingerprint density at radius 3 is 2.38 bits per heavy atom. The van der Waals surface area contributed by atoms with Gasteiger partial charge in [0.05, 0.1) is 6.54 Å². The maximum Gasteiger partial charge on any atom is 0.283 e. The third kappa shape index (κ3) is 5.65. The van der Waals surface area contributed by atoms with E-state index in [9.17, 15) is 13.2 Å². The number of benzene rings is 3. The number of hydrogen-bond acceptors (Lipinski definition) is 5. The van der Waals surface area contributed by atoms with E-state index in [1.54, 1.807) is 43.3 Å². The predicted octanol–water partition coefficient (Wildman–Crippen LogP) is 4.59. The van der Waals surface area contributed by atoms with Gasteiger partial charge in [0.15, 0.2) is 5.03 Å². The summed E-state index contributed by atoms with van der Waals surface area (Å²) in [6.07, 6.45) is 0. The highest BCUT2D eigenvalue weighted by Crippen LogP contribution is 2.25. The van der Waals surface area contributed by atoms with E-state index in [-0.39, 0.29) is 17.1 Å². The second-order valence-corrected chi connectivity index (χ2v) is 9.67. The van der Waals surface area contributed by atoms with Gasteiger partial charge in [0.2, 0.25) is 0 Å². The van der Waals surface area contributed by atoms with Crippen LogP contribution in [0.4, 0.5) is 0 Å². The first-order valence-electron chi connectivity index (χ1n) is 10.4. The summed E-state index contributed by atoms with van der Waals surface area (Å²) in [4.78, 5) is 12.3. The first-order valence-corrected chi connectivity index (χ1v) is 12.3. The van der Waals surface area contributed by atoms with E-state index in [4.69, 9.17) is 16.3 Å². The number of carbonyl (C=O) groups is 1. The van der Waals surface area contributed by atoms with Crippen molar-refractivity contribution in [1.82, 2.24) is 14.5 Å². The summed E-state index contributed by atoms with van der Waals surface area (Å²) >= 11 is 6.20. The molecule has 1 amide bonds. The van der Waals surface area contributed by atoms with Crippen LogP contribution in [0.15, 0.2) is 90.0 Å². The van der Waals surface area contributed by atoms with Crippen molar-refractivity contribution >= 4 is 27.5 Å². The molecule has 0 spiro atoms. The van der Waals surface area contributed by atoms with Crippen LogP contribution in [-0.4, -0.2) is 24.1 Å². The van der Waals surface area contributed by atoms with Gasteiger partial charge >= 0.3 is 0 Å². The van der Waals surface area contributed by atoms with Crippen LogP contribution in [0, 0.1) is 6.92 Å². The molecule has 3 aromatic carbocycles. The van der Waals surface area contributed by atoms with E-state index in [0.29, 0.717) is 23.1 Å². The number of aromatic nitrogens is 2. The second-order valence-electron chi connectivity index (χ2n) is 7.61. The number of nitrogens with zero attached hydrogens (tertiary/aromatic N) is 2. The van der Waals surface area contributed by atoms with Crippen molar-refractivity contribution in [2.45, 2.75) is 25.1 Å². The molecule has 0 aliphatic heterocycles. The van der Waals surface area contributed by atoms with Crippen LogP contribution in [-0.2, 0) is 23.2 Å². The molecule has 9 heteroatoms. The quantitative estimate of drug-likeness (QED) is 0.386. The maximum absolute atomic E-state index is 12.8. The molecule has 0 atom stereocenters. The Hall–Kier alpha value is -3.62. The fourth-order valence-corrected chi connectivity index (χ4v) is 4.50. The van der Waals surface area contributed by atoms with Crippen LogP contribution in [0.25, 0.3) is 0 Å². The Balaban J connectivity index is 1.54. The van der Waals surface area contributed by atoms with Gasteiger partial charge in [-0.15, -0.1) is 0 Å². The predicted molar refractivity (Wildman–Crippen MR) is 129 cm³/mol. The number of halogens is 1. The molecule has 0 radical (unpaired) electrons. The summed E-state index contributed by atoms with van der Waals surface area (Å²) in [6, 6.07) is 24.5. The molecule has 0 unspecified atom stereocenters. The minimum atomic E-state index is -4.15. The monoisotopic (exact) mass is 495 g/mol. The number of amides is 1. The number of hydrogen-bond donors (Lipinski definition) is 1. The number of ether oxygens (including phenoxy) is 1. The lowest BCUT2D eigenvalue weighted by molar-refractivity contribution is 0.0981. The molecule has 0 saturated carbocycles. The molecule has 0 saturated heterocycles. The van der Waals surface area contributed by atoms with E-state index in [0.717, 1.165) is 11.1 Å². The SMILES string of the molecule is Cc1cc(S(=O)(=O)NC(=O)c2ccccc2)nn1Cc1cc(Cl)ccc1OCc1ccccc1. The number of carbonyl (C=O) groups excluding carboxylic acids is 1. The zero-order valence-corrected chi connectivity index (χ0v) is 19.9. The molecule has 34 heavy (non-hydrogen) atoms. The Kier molecular flexibility index (Phi) is 7.00.